The first-order chi connectivity index (χ1) is 21.8. The first kappa shape index (κ1) is 24.5. The van der Waals surface area contributed by atoms with Crippen LogP contribution in [0.4, 0.5) is 0 Å². The summed E-state index contributed by atoms with van der Waals surface area (Å²) in [5.41, 5.74) is 8.57. The van der Waals surface area contributed by atoms with Gasteiger partial charge in [-0.1, -0.05) is 103 Å². The molecule has 0 spiro atoms. The number of hydrogen-bond donors (Lipinski definition) is 1. The van der Waals surface area contributed by atoms with Gasteiger partial charge in [0, 0.05) is 55.0 Å². The van der Waals surface area contributed by atoms with Crippen LogP contribution in [0.1, 0.15) is 0 Å². The summed E-state index contributed by atoms with van der Waals surface area (Å²) in [6.07, 6.45) is 0. The lowest BCUT2D eigenvalue weighted by Gasteiger charge is -2.11. The number of nitrogens with zero attached hydrogens (tertiary/aromatic N) is 4. The highest BCUT2D eigenvalue weighted by molar-refractivity contribution is 6.25. The SMILES string of the molecule is c1ccc(-c2nc(-c3ccccc3)nc(-c3ccc(-n4c5ccccc5c5ccc6[nH]c7ccccc7c6c54)cc3)n2)cc1. The molecule has 0 saturated heterocycles. The van der Waals surface area contributed by atoms with Gasteiger partial charge in [-0.3, -0.25) is 0 Å². The maximum Gasteiger partial charge on any atom is 0.164 e. The Morgan fingerprint density at radius 2 is 0.955 bits per heavy atom. The van der Waals surface area contributed by atoms with E-state index in [2.05, 4.69) is 94.5 Å². The molecular weight excluding hydrogens is 538 g/mol. The first-order valence-corrected chi connectivity index (χ1v) is 14.7. The zero-order chi connectivity index (χ0) is 29.0. The van der Waals surface area contributed by atoms with Crippen molar-refractivity contribution in [3.05, 3.63) is 146 Å². The fraction of sp³-hybridized carbons (Fsp3) is 0. The number of para-hydroxylation sites is 2. The smallest absolute Gasteiger partial charge is 0.164 e. The average molecular weight is 564 g/mol. The second-order valence-electron chi connectivity index (χ2n) is 11.0. The van der Waals surface area contributed by atoms with Gasteiger partial charge in [0.25, 0.3) is 0 Å². The van der Waals surface area contributed by atoms with Gasteiger partial charge in [0.15, 0.2) is 17.5 Å². The molecule has 0 radical (unpaired) electrons. The number of aromatic amines is 1. The third-order valence-electron chi connectivity index (χ3n) is 8.39. The maximum absolute atomic E-state index is 4.93. The molecule has 0 fully saturated rings. The van der Waals surface area contributed by atoms with Crippen molar-refractivity contribution in [2.45, 2.75) is 0 Å². The van der Waals surface area contributed by atoms with Crippen LogP contribution in [0.25, 0.3) is 83.5 Å². The van der Waals surface area contributed by atoms with E-state index < -0.39 is 0 Å². The molecular formula is C39H25N5. The second kappa shape index (κ2) is 9.75. The van der Waals surface area contributed by atoms with Crippen LogP contribution in [-0.4, -0.2) is 24.5 Å². The summed E-state index contributed by atoms with van der Waals surface area (Å²) >= 11 is 0. The average Bonchev–Trinajstić information content (AvgIpc) is 3.65. The van der Waals surface area contributed by atoms with E-state index in [9.17, 15) is 0 Å². The van der Waals surface area contributed by atoms with Crippen LogP contribution in [0.15, 0.2) is 146 Å². The third kappa shape index (κ3) is 3.83. The topological polar surface area (TPSA) is 59.4 Å². The number of nitrogens with one attached hydrogen (secondary N) is 1. The molecule has 0 bridgehead atoms. The van der Waals surface area contributed by atoms with E-state index in [1.807, 2.05) is 60.7 Å². The normalized spacial score (nSPS) is 11.6. The van der Waals surface area contributed by atoms with Crippen molar-refractivity contribution >= 4 is 43.6 Å². The molecule has 0 aliphatic carbocycles. The van der Waals surface area contributed by atoms with Gasteiger partial charge in [-0.05, 0) is 42.5 Å². The van der Waals surface area contributed by atoms with Gasteiger partial charge in [0.1, 0.15) is 0 Å². The largest absolute Gasteiger partial charge is 0.354 e. The van der Waals surface area contributed by atoms with Crippen LogP contribution in [0, 0.1) is 0 Å². The molecule has 5 nitrogen and oxygen atoms in total. The van der Waals surface area contributed by atoms with Crippen LogP contribution in [-0.2, 0) is 0 Å². The van der Waals surface area contributed by atoms with E-state index in [4.69, 9.17) is 15.0 Å². The molecule has 0 amide bonds. The van der Waals surface area contributed by atoms with Crippen molar-refractivity contribution in [2.75, 3.05) is 0 Å². The van der Waals surface area contributed by atoms with Crippen molar-refractivity contribution < 1.29 is 0 Å². The summed E-state index contributed by atoms with van der Waals surface area (Å²) in [4.78, 5) is 18.3. The molecule has 3 heterocycles. The Bertz CT molecular complexity index is 2420. The molecule has 9 aromatic rings. The number of fused-ring (bicyclic) bond motifs is 7. The highest BCUT2D eigenvalue weighted by Crippen LogP contribution is 2.39. The van der Waals surface area contributed by atoms with Gasteiger partial charge in [-0.2, -0.15) is 0 Å². The maximum atomic E-state index is 4.93. The van der Waals surface area contributed by atoms with Gasteiger partial charge in [0.05, 0.1) is 11.0 Å². The van der Waals surface area contributed by atoms with Gasteiger partial charge >= 0.3 is 0 Å². The van der Waals surface area contributed by atoms with Gasteiger partial charge in [0.2, 0.25) is 0 Å². The van der Waals surface area contributed by atoms with Crippen molar-refractivity contribution in [3.63, 3.8) is 0 Å². The minimum absolute atomic E-state index is 0.644. The van der Waals surface area contributed by atoms with E-state index in [0.717, 1.165) is 33.4 Å². The quantitative estimate of drug-likeness (QED) is 0.232. The highest BCUT2D eigenvalue weighted by Gasteiger charge is 2.18. The second-order valence-corrected chi connectivity index (χ2v) is 11.0. The summed E-state index contributed by atoms with van der Waals surface area (Å²) in [6, 6.07) is 50.3. The molecule has 3 aromatic heterocycles. The summed E-state index contributed by atoms with van der Waals surface area (Å²) in [6.45, 7) is 0. The Labute approximate surface area is 253 Å². The van der Waals surface area contributed by atoms with Gasteiger partial charge in [-0.25, -0.2) is 15.0 Å². The van der Waals surface area contributed by atoms with Gasteiger partial charge in [-0.15, -0.1) is 0 Å². The fourth-order valence-electron chi connectivity index (χ4n) is 6.36. The summed E-state index contributed by atoms with van der Waals surface area (Å²) in [7, 11) is 0. The third-order valence-corrected chi connectivity index (χ3v) is 8.39. The zero-order valence-electron chi connectivity index (χ0n) is 23.6. The Morgan fingerprint density at radius 3 is 1.61 bits per heavy atom. The Morgan fingerprint density at radius 1 is 0.409 bits per heavy atom. The molecule has 44 heavy (non-hydrogen) atoms. The van der Waals surface area contributed by atoms with Crippen LogP contribution < -0.4 is 0 Å². The van der Waals surface area contributed by atoms with E-state index in [0.29, 0.717) is 17.5 Å². The van der Waals surface area contributed by atoms with Crippen molar-refractivity contribution in [2.24, 2.45) is 0 Å². The van der Waals surface area contributed by atoms with Crippen LogP contribution in [0.3, 0.4) is 0 Å². The lowest BCUT2D eigenvalue weighted by Crippen LogP contribution is -2.00. The Hall–Kier alpha value is -6.07. The molecule has 0 saturated carbocycles. The molecule has 6 aromatic carbocycles. The van der Waals surface area contributed by atoms with Crippen LogP contribution in [0.2, 0.25) is 0 Å². The molecule has 0 aliphatic heterocycles. The van der Waals surface area contributed by atoms with Crippen molar-refractivity contribution in [3.8, 4) is 39.9 Å². The summed E-state index contributed by atoms with van der Waals surface area (Å²) in [5.74, 6) is 1.95. The molecule has 0 unspecified atom stereocenters. The molecule has 206 valence electrons. The number of benzene rings is 6. The molecule has 1 N–H and O–H groups in total. The monoisotopic (exact) mass is 563 g/mol. The lowest BCUT2D eigenvalue weighted by molar-refractivity contribution is 1.07. The van der Waals surface area contributed by atoms with Crippen LogP contribution in [0.5, 0.6) is 0 Å². The van der Waals surface area contributed by atoms with Gasteiger partial charge < -0.3 is 9.55 Å². The van der Waals surface area contributed by atoms with Crippen molar-refractivity contribution in [1.82, 2.24) is 24.5 Å². The molecule has 5 heteroatoms. The fourth-order valence-corrected chi connectivity index (χ4v) is 6.36. The number of hydrogen-bond acceptors (Lipinski definition) is 3. The lowest BCUT2D eigenvalue weighted by atomic mass is 10.1. The Balaban J connectivity index is 1.25. The number of rotatable bonds is 4. The van der Waals surface area contributed by atoms with Crippen LogP contribution >= 0.6 is 0 Å². The summed E-state index contributed by atoms with van der Waals surface area (Å²) in [5, 5.41) is 4.92. The standard InChI is InChI=1S/C39H25N5/c1-3-11-25(12-4-1)37-41-38(26-13-5-2-6-14-26)43-39(42-37)27-19-21-28(22-20-27)44-34-18-10-8-15-29(34)30-23-24-33-35(36(30)44)31-16-7-9-17-32(31)40-33/h1-24,40H. The minimum atomic E-state index is 0.644. The van der Waals surface area contributed by atoms with E-state index in [1.54, 1.807) is 0 Å². The van der Waals surface area contributed by atoms with E-state index >= 15 is 0 Å². The molecule has 0 aliphatic rings. The predicted molar refractivity (Wildman–Crippen MR) is 180 cm³/mol. The minimum Gasteiger partial charge on any atom is -0.354 e. The molecule has 9 rings (SSSR count). The number of aromatic nitrogens is 5. The highest BCUT2D eigenvalue weighted by atomic mass is 15.0. The van der Waals surface area contributed by atoms with E-state index in [-0.39, 0.29) is 0 Å². The van der Waals surface area contributed by atoms with Crippen molar-refractivity contribution in [1.29, 1.82) is 0 Å². The number of H-pyrrole nitrogens is 1. The first-order valence-electron chi connectivity index (χ1n) is 14.7. The summed E-state index contributed by atoms with van der Waals surface area (Å²) < 4.78 is 2.38. The predicted octanol–water partition coefficient (Wildman–Crippen LogP) is 9.60. The molecule has 0 atom stereocenters. The zero-order valence-corrected chi connectivity index (χ0v) is 23.6. The Kier molecular flexibility index (Phi) is 5.43. The van der Waals surface area contributed by atoms with E-state index in [1.165, 1.54) is 32.6 Å².